The molecule has 2 aromatic rings. The van der Waals surface area contributed by atoms with Crippen LogP contribution in [0, 0.1) is 6.92 Å². The van der Waals surface area contributed by atoms with Gasteiger partial charge in [0, 0.05) is 18.0 Å². The molecule has 18 heavy (non-hydrogen) atoms. The number of aromatic nitrogens is 1. The number of hydrogen-bond acceptors (Lipinski definition) is 3. The van der Waals surface area contributed by atoms with Crippen LogP contribution in [0.3, 0.4) is 0 Å². The molecule has 0 bridgehead atoms. The van der Waals surface area contributed by atoms with Crippen LogP contribution in [0.1, 0.15) is 21.5 Å². The number of rotatable bonds is 3. The van der Waals surface area contributed by atoms with E-state index in [0.29, 0.717) is 5.56 Å². The van der Waals surface area contributed by atoms with E-state index >= 15 is 0 Å². The Labute approximate surface area is 105 Å². The predicted molar refractivity (Wildman–Crippen MR) is 67.1 cm³/mol. The average molecular weight is 242 g/mol. The molecular formula is C14H14N2O2. The first-order chi connectivity index (χ1) is 8.68. The summed E-state index contributed by atoms with van der Waals surface area (Å²) in [5, 5.41) is 10.5. The minimum absolute atomic E-state index is 0.148. The Balaban J connectivity index is 2.13. The van der Waals surface area contributed by atoms with E-state index in [0.717, 1.165) is 16.2 Å². The van der Waals surface area contributed by atoms with Crippen LogP contribution in [0.25, 0.3) is 0 Å². The van der Waals surface area contributed by atoms with E-state index in [-0.39, 0.29) is 6.54 Å². The maximum atomic E-state index is 12.0. The average Bonchev–Trinajstić information content (AvgIpc) is 2.39. The number of aryl methyl sites for hydroxylation is 1. The predicted octanol–water partition coefficient (Wildman–Crippen LogP) is 2.42. The summed E-state index contributed by atoms with van der Waals surface area (Å²) in [5.41, 5.74) is 2.18. The van der Waals surface area contributed by atoms with Gasteiger partial charge >= 0.3 is 0 Å². The van der Waals surface area contributed by atoms with Crippen molar-refractivity contribution in [3.05, 3.63) is 65.5 Å². The fraction of sp³-hybridized carbons (Fsp3) is 0.143. The number of amides is 1. The lowest BCUT2D eigenvalue weighted by Gasteiger charge is -2.16. The lowest BCUT2D eigenvalue weighted by molar-refractivity contribution is -0.0648. The van der Waals surface area contributed by atoms with Gasteiger partial charge in [-0.25, -0.2) is 5.06 Å². The van der Waals surface area contributed by atoms with Crippen LogP contribution in [0.15, 0.2) is 48.8 Å². The normalized spacial score (nSPS) is 10.1. The third kappa shape index (κ3) is 2.73. The van der Waals surface area contributed by atoms with Crippen molar-refractivity contribution in [2.75, 3.05) is 0 Å². The zero-order chi connectivity index (χ0) is 13.0. The molecule has 0 radical (unpaired) electrons. The number of hydrogen-bond donors (Lipinski definition) is 1. The van der Waals surface area contributed by atoms with E-state index in [1.165, 1.54) is 0 Å². The number of carbonyl (C=O) groups excluding carboxylic acids is 1. The molecule has 1 amide bonds. The van der Waals surface area contributed by atoms with Crippen LogP contribution in [0.5, 0.6) is 0 Å². The van der Waals surface area contributed by atoms with E-state index in [4.69, 9.17) is 0 Å². The van der Waals surface area contributed by atoms with Gasteiger partial charge in [0.2, 0.25) is 0 Å². The fourth-order valence-corrected chi connectivity index (χ4v) is 1.68. The summed E-state index contributed by atoms with van der Waals surface area (Å²) in [6, 6.07) is 10.7. The van der Waals surface area contributed by atoms with Crippen LogP contribution in [-0.2, 0) is 6.54 Å². The Morgan fingerprint density at radius 2 is 1.89 bits per heavy atom. The van der Waals surface area contributed by atoms with Gasteiger partial charge in [-0.2, -0.15) is 0 Å². The molecule has 1 heterocycles. The lowest BCUT2D eigenvalue weighted by atomic mass is 10.1. The first-order valence-corrected chi connectivity index (χ1v) is 5.64. The van der Waals surface area contributed by atoms with E-state index in [1.807, 2.05) is 19.1 Å². The van der Waals surface area contributed by atoms with Crippen molar-refractivity contribution in [3.63, 3.8) is 0 Å². The van der Waals surface area contributed by atoms with Crippen molar-refractivity contribution in [1.82, 2.24) is 10.0 Å². The number of carbonyl (C=O) groups is 1. The minimum Gasteiger partial charge on any atom is -0.285 e. The number of benzene rings is 1. The van der Waals surface area contributed by atoms with Crippen LogP contribution in [-0.4, -0.2) is 21.2 Å². The fourth-order valence-electron chi connectivity index (χ4n) is 1.68. The van der Waals surface area contributed by atoms with Crippen molar-refractivity contribution in [3.8, 4) is 0 Å². The summed E-state index contributed by atoms with van der Waals surface area (Å²) >= 11 is 0. The number of hydroxylamine groups is 2. The van der Waals surface area contributed by atoms with Crippen molar-refractivity contribution < 1.29 is 10.0 Å². The molecule has 0 spiro atoms. The van der Waals surface area contributed by atoms with E-state index < -0.39 is 5.91 Å². The molecule has 4 nitrogen and oxygen atoms in total. The minimum atomic E-state index is -0.398. The molecule has 1 aromatic heterocycles. The first kappa shape index (κ1) is 12.3. The number of pyridine rings is 1. The van der Waals surface area contributed by atoms with Crippen LogP contribution < -0.4 is 0 Å². The molecule has 0 aliphatic rings. The largest absolute Gasteiger partial charge is 0.285 e. The van der Waals surface area contributed by atoms with Crippen molar-refractivity contribution in [2.24, 2.45) is 0 Å². The van der Waals surface area contributed by atoms with Crippen LogP contribution in [0.4, 0.5) is 0 Å². The van der Waals surface area contributed by atoms with Crippen molar-refractivity contribution in [2.45, 2.75) is 13.5 Å². The SMILES string of the molecule is Cc1ccccc1C(=O)N(O)Cc1ccncc1. The Bertz CT molecular complexity index is 541. The second kappa shape index (κ2) is 5.42. The second-order valence-corrected chi connectivity index (χ2v) is 4.03. The molecule has 0 atom stereocenters. The molecule has 0 aliphatic heterocycles. The maximum absolute atomic E-state index is 12.0. The Morgan fingerprint density at radius 1 is 1.22 bits per heavy atom. The van der Waals surface area contributed by atoms with Crippen LogP contribution >= 0.6 is 0 Å². The quantitative estimate of drug-likeness (QED) is 0.664. The summed E-state index contributed by atoms with van der Waals surface area (Å²) < 4.78 is 0. The van der Waals surface area contributed by atoms with Gasteiger partial charge in [0.05, 0.1) is 6.54 Å². The highest BCUT2D eigenvalue weighted by atomic mass is 16.5. The topological polar surface area (TPSA) is 53.4 Å². The molecule has 92 valence electrons. The molecule has 0 saturated heterocycles. The first-order valence-electron chi connectivity index (χ1n) is 5.64. The zero-order valence-electron chi connectivity index (χ0n) is 10.1. The van der Waals surface area contributed by atoms with Gasteiger partial charge in [0.1, 0.15) is 0 Å². The van der Waals surface area contributed by atoms with Gasteiger partial charge in [-0.15, -0.1) is 0 Å². The molecule has 1 N–H and O–H groups in total. The highest BCUT2D eigenvalue weighted by Gasteiger charge is 2.15. The Hall–Kier alpha value is -2.20. The molecular weight excluding hydrogens is 228 g/mol. The third-order valence-corrected chi connectivity index (χ3v) is 2.69. The van der Waals surface area contributed by atoms with Crippen molar-refractivity contribution >= 4 is 5.91 Å². The smallest absolute Gasteiger partial charge is 0.277 e. The maximum Gasteiger partial charge on any atom is 0.277 e. The van der Waals surface area contributed by atoms with Gasteiger partial charge in [-0.3, -0.25) is 15.0 Å². The van der Waals surface area contributed by atoms with Gasteiger partial charge in [-0.05, 0) is 36.2 Å². The van der Waals surface area contributed by atoms with Gasteiger partial charge < -0.3 is 0 Å². The molecule has 0 saturated carbocycles. The van der Waals surface area contributed by atoms with E-state index in [9.17, 15) is 10.0 Å². The second-order valence-electron chi connectivity index (χ2n) is 4.03. The summed E-state index contributed by atoms with van der Waals surface area (Å²) in [6.45, 7) is 1.99. The Kier molecular flexibility index (Phi) is 3.69. The molecule has 0 fully saturated rings. The highest BCUT2D eigenvalue weighted by molar-refractivity contribution is 5.94. The summed E-state index contributed by atoms with van der Waals surface area (Å²) in [5.74, 6) is -0.398. The van der Waals surface area contributed by atoms with Gasteiger partial charge in [-0.1, -0.05) is 18.2 Å². The standard InChI is InChI=1S/C14H14N2O2/c1-11-4-2-3-5-13(11)14(17)16(18)10-12-6-8-15-9-7-12/h2-9,18H,10H2,1H3. The Morgan fingerprint density at radius 3 is 2.56 bits per heavy atom. The number of nitrogens with zero attached hydrogens (tertiary/aromatic N) is 2. The monoisotopic (exact) mass is 242 g/mol. The van der Waals surface area contributed by atoms with Gasteiger partial charge in [0.15, 0.2) is 0 Å². The van der Waals surface area contributed by atoms with E-state index in [1.54, 1.807) is 36.7 Å². The summed E-state index contributed by atoms with van der Waals surface area (Å²) in [7, 11) is 0. The molecule has 0 aliphatic carbocycles. The van der Waals surface area contributed by atoms with E-state index in [2.05, 4.69) is 4.98 Å². The molecule has 0 unspecified atom stereocenters. The van der Waals surface area contributed by atoms with Crippen LogP contribution in [0.2, 0.25) is 0 Å². The van der Waals surface area contributed by atoms with Crippen molar-refractivity contribution in [1.29, 1.82) is 0 Å². The summed E-state index contributed by atoms with van der Waals surface area (Å²) in [4.78, 5) is 15.9. The molecule has 4 heteroatoms. The van der Waals surface area contributed by atoms with Gasteiger partial charge in [0.25, 0.3) is 5.91 Å². The summed E-state index contributed by atoms with van der Waals surface area (Å²) in [6.07, 6.45) is 3.25. The highest BCUT2D eigenvalue weighted by Crippen LogP contribution is 2.11. The third-order valence-electron chi connectivity index (χ3n) is 2.69. The molecule has 2 rings (SSSR count). The zero-order valence-corrected chi connectivity index (χ0v) is 10.1. The lowest BCUT2D eigenvalue weighted by Crippen LogP contribution is -2.27. The molecule has 1 aromatic carbocycles.